The molecule has 0 aromatic carbocycles. The standard InChI is InChI=1S/C24H23F3N8O4S/c1-11-5-15(32-39-11)8-34-22(37)18-19(33(4)23(34)38)29-10-35(18)13(3)20(36)30-17-9-40-21(31-17)14-6-16(24(25,26)27)12(2)28-7-14/h5-7,9-10,13,18-19H,8H2,1-4H3,(H,30,36)/t13-,18?,19?/m0/s1. The van der Waals surface area contributed by atoms with Crippen LogP contribution < -0.4 is 5.32 Å². The molecule has 0 spiro atoms. The van der Waals surface area contributed by atoms with Crippen molar-refractivity contribution in [2.45, 2.75) is 51.7 Å². The SMILES string of the molecule is Cc1cc(CN2C(=O)C3C(N=CN3[C@@H](C)C(=O)Nc3csc(-c4cnc(C)c(C(F)(F)F)c4)n3)N(C)C2=O)no1. The third-order valence-electron chi connectivity index (χ3n) is 6.62. The second-order valence-electron chi connectivity index (χ2n) is 9.37. The zero-order valence-corrected chi connectivity index (χ0v) is 22.4. The summed E-state index contributed by atoms with van der Waals surface area (Å²) in [6, 6.07) is 0.154. The van der Waals surface area contributed by atoms with Gasteiger partial charge >= 0.3 is 12.2 Å². The maximum atomic E-state index is 13.4. The normalized spacial score (nSPS) is 19.8. The van der Waals surface area contributed by atoms with Crippen molar-refractivity contribution in [2.24, 2.45) is 4.99 Å². The van der Waals surface area contributed by atoms with E-state index in [4.69, 9.17) is 4.52 Å². The number of carbonyl (C=O) groups is 3. The Balaban J connectivity index is 1.31. The summed E-state index contributed by atoms with van der Waals surface area (Å²) in [6.07, 6.45) is -2.75. The van der Waals surface area contributed by atoms with Crippen molar-refractivity contribution in [1.29, 1.82) is 0 Å². The summed E-state index contributed by atoms with van der Waals surface area (Å²) in [6.45, 7) is 4.41. The molecule has 12 nitrogen and oxygen atoms in total. The minimum atomic E-state index is -4.56. The number of rotatable bonds is 6. The van der Waals surface area contributed by atoms with Crippen molar-refractivity contribution in [3.8, 4) is 10.6 Å². The lowest BCUT2D eigenvalue weighted by Gasteiger charge is -2.42. The van der Waals surface area contributed by atoms with Gasteiger partial charge in [0.1, 0.15) is 28.3 Å². The monoisotopic (exact) mass is 576 g/mol. The highest BCUT2D eigenvalue weighted by Crippen LogP contribution is 2.35. The predicted octanol–water partition coefficient (Wildman–Crippen LogP) is 3.29. The van der Waals surface area contributed by atoms with Crippen LogP contribution in [0.5, 0.6) is 0 Å². The van der Waals surface area contributed by atoms with Gasteiger partial charge in [0, 0.05) is 35.9 Å². The number of likely N-dealkylation sites (N-methyl/N-ethyl adjacent to an activating group) is 1. The number of anilines is 1. The van der Waals surface area contributed by atoms with E-state index in [-0.39, 0.29) is 28.6 Å². The molecule has 210 valence electrons. The van der Waals surface area contributed by atoms with Crippen LogP contribution in [0.3, 0.4) is 0 Å². The molecule has 40 heavy (non-hydrogen) atoms. The molecular weight excluding hydrogens is 553 g/mol. The molecule has 1 saturated heterocycles. The molecule has 0 bridgehead atoms. The third-order valence-corrected chi connectivity index (χ3v) is 7.51. The fourth-order valence-electron chi connectivity index (χ4n) is 4.48. The number of nitrogens with one attached hydrogen (secondary N) is 1. The van der Waals surface area contributed by atoms with Gasteiger partial charge in [0.15, 0.2) is 12.2 Å². The van der Waals surface area contributed by atoms with Crippen LogP contribution in [0.1, 0.15) is 29.6 Å². The van der Waals surface area contributed by atoms with Gasteiger partial charge in [0.2, 0.25) is 5.91 Å². The quantitative estimate of drug-likeness (QED) is 0.472. The van der Waals surface area contributed by atoms with E-state index in [1.54, 1.807) is 19.9 Å². The number of urea groups is 1. The van der Waals surface area contributed by atoms with E-state index in [1.165, 1.54) is 41.7 Å². The second-order valence-corrected chi connectivity index (χ2v) is 10.2. The number of imide groups is 1. The van der Waals surface area contributed by atoms with E-state index in [0.29, 0.717) is 11.5 Å². The highest BCUT2D eigenvalue weighted by Gasteiger charge is 2.51. The van der Waals surface area contributed by atoms with Crippen LogP contribution in [0, 0.1) is 13.8 Å². The average Bonchev–Trinajstić information content (AvgIpc) is 3.64. The number of amides is 4. The number of thiazole rings is 1. The Morgan fingerprint density at radius 3 is 2.67 bits per heavy atom. The van der Waals surface area contributed by atoms with Crippen LogP contribution in [0.4, 0.5) is 23.8 Å². The summed E-state index contributed by atoms with van der Waals surface area (Å²) in [4.78, 5) is 55.6. The molecule has 1 fully saturated rings. The summed E-state index contributed by atoms with van der Waals surface area (Å²) in [5, 5.41) is 8.22. The number of pyridine rings is 1. The molecule has 3 atom stereocenters. The number of aromatic nitrogens is 3. The van der Waals surface area contributed by atoms with Crippen LogP contribution in [0.25, 0.3) is 10.6 Å². The molecular formula is C24H23F3N8O4S. The van der Waals surface area contributed by atoms with Crippen molar-refractivity contribution in [3.05, 3.63) is 46.4 Å². The van der Waals surface area contributed by atoms with Crippen LogP contribution in [0.15, 0.2) is 33.2 Å². The van der Waals surface area contributed by atoms with Crippen LogP contribution in [0.2, 0.25) is 0 Å². The molecule has 16 heteroatoms. The first-order valence-corrected chi connectivity index (χ1v) is 12.8. The fraction of sp³-hybridized carbons (Fsp3) is 0.375. The van der Waals surface area contributed by atoms with Gasteiger partial charge in [-0.2, -0.15) is 13.2 Å². The van der Waals surface area contributed by atoms with Crippen molar-refractivity contribution < 1.29 is 32.1 Å². The summed E-state index contributed by atoms with van der Waals surface area (Å²) in [7, 11) is 1.51. The lowest BCUT2D eigenvalue weighted by Crippen LogP contribution is -2.66. The Hall–Kier alpha value is -4.34. The van der Waals surface area contributed by atoms with Gasteiger partial charge in [-0.05, 0) is 26.8 Å². The highest BCUT2D eigenvalue weighted by molar-refractivity contribution is 7.13. The highest BCUT2D eigenvalue weighted by atomic mass is 32.1. The molecule has 5 rings (SSSR count). The predicted molar refractivity (Wildman–Crippen MR) is 136 cm³/mol. The van der Waals surface area contributed by atoms with E-state index >= 15 is 0 Å². The molecule has 2 aliphatic heterocycles. The van der Waals surface area contributed by atoms with Gasteiger partial charge in [0.25, 0.3) is 5.91 Å². The first-order valence-electron chi connectivity index (χ1n) is 12.0. The van der Waals surface area contributed by atoms with E-state index in [9.17, 15) is 27.6 Å². The zero-order chi connectivity index (χ0) is 28.9. The maximum Gasteiger partial charge on any atom is 0.418 e. The van der Waals surface area contributed by atoms with Crippen molar-refractivity contribution >= 4 is 41.3 Å². The first-order chi connectivity index (χ1) is 18.8. The molecule has 5 heterocycles. The molecule has 1 N–H and O–H groups in total. The lowest BCUT2D eigenvalue weighted by molar-refractivity contribution is -0.140. The van der Waals surface area contributed by atoms with Crippen LogP contribution >= 0.6 is 11.3 Å². The summed E-state index contributed by atoms with van der Waals surface area (Å²) >= 11 is 1.04. The van der Waals surface area contributed by atoms with E-state index in [0.717, 1.165) is 22.3 Å². The average molecular weight is 577 g/mol. The fourth-order valence-corrected chi connectivity index (χ4v) is 5.22. The van der Waals surface area contributed by atoms with E-state index < -0.39 is 47.8 Å². The van der Waals surface area contributed by atoms with Crippen molar-refractivity contribution in [1.82, 2.24) is 29.8 Å². The Bertz CT molecular complexity index is 1520. The van der Waals surface area contributed by atoms with Crippen molar-refractivity contribution in [2.75, 3.05) is 12.4 Å². The van der Waals surface area contributed by atoms with Crippen molar-refractivity contribution in [3.63, 3.8) is 0 Å². The number of aryl methyl sites for hydroxylation is 2. The number of alkyl halides is 3. The van der Waals surface area contributed by atoms with Crippen LogP contribution in [-0.2, 0) is 22.3 Å². The minimum Gasteiger partial charge on any atom is -0.361 e. The zero-order valence-electron chi connectivity index (χ0n) is 21.6. The Morgan fingerprint density at radius 2 is 2.00 bits per heavy atom. The van der Waals surface area contributed by atoms with Gasteiger partial charge < -0.3 is 19.6 Å². The van der Waals surface area contributed by atoms with E-state index in [2.05, 4.69) is 25.4 Å². The number of hydrogen-bond donors (Lipinski definition) is 1. The molecule has 2 unspecified atom stereocenters. The summed E-state index contributed by atoms with van der Waals surface area (Å²) < 4.78 is 44.9. The van der Waals surface area contributed by atoms with Gasteiger partial charge in [0.05, 0.1) is 18.4 Å². The lowest BCUT2D eigenvalue weighted by atomic mass is 10.1. The molecule has 0 saturated carbocycles. The smallest absolute Gasteiger partial charge is 0.361 e. The number of carbonyl (C=O) groups excluding carboxylic acids is 3. The number of nitrogens with zero attached hydrogens (tertiary/aromatic N) is 7. The Kier molecular flexibility index (Phi) is 6.81. The molecule has 3 aromatic heterocycles. The Morgan fingerprint density at radius 1 is 1.25 bits per heavy atom. The van der Waals surface area contributed by atoms with Gasteiger partial charge in [-0.15, -0.1) is 11.3 Å². The van der Waals surface area contributed by atoms with Gasteiger partial charge in [-0.25, -0.2) is 14.8 Å². The molecule has 3 aromatic rings. The molecule has 2 aliphatic rings. The Labute approximate surface area is 229 Å². The molecule has 4 amide bonds. The minimum absolute atomic E-state index is 0.109. The topological polar surface area (TPSA) is 137 Å². The number of hydrogen-bond acceptors (Lipinski definition) is 10. The molecule has 0 radical (unpaired) electrons. The van der Waals surface area contributed by atoms with Gasteiger partial charge in [-0.3, -0.25) is 19.5 Å². The number of aliphatic imine (C=N–C) groups is 1. The van der Waals surface area contributed by atoms with E-state index in [1.807, 2.05) is 0 Å². The third kappa shape index (κ3) is 4.89. The summed E-state index contributed by atoms with van der Waals surface area (Å²) in [5.74, 6) is -0.426. The molecule has 0 aliphatic carbocycles. The number of halogens is 3. The van der Waals surface area contributed by atoms with Gasteiger partial charge in [-0.1, -0.05) is 5.16 Å². The maximum absolute atomic E-state index is 13.4. The summed E-state index contributed by atoms with van der Waals surface area (Å²) in [5.41, 5.74) is -0.461. The van der Waals surface area contributed by atoms with Crippen LogP contribution in [-0.4, -0.2) is 79.3 Å². The second kappa shape index (κ2) is 10.0. The number of fused-ring (bicyclic) bond motifs is 1. The largest absolute Gasteiger partial charge is 0.418 e. The first kappa shape index (κ1) is 27.2.